The van der Waals surface area contributed by atoms with Gasteiger partial charge in [-0.2, -0.15) is 0 Å². The van der Waals surface area contributed by atoms with E-state index in [1.165, 1.54) is 0 Å². The fraction of sp³-hybridized carbons (Fsp3) is 0.250. The van der Waals surface area contributed by atoms with Gasteiger partial charge in [0.25, 0.3) is 0 Å². The lowest BCUT2D eigenvalue weighted by atomic mass is 10.2. The highest BCUT2D eigenvalue weighted by Gasteiger charge is 2.09. The molecule has 2 aromatic rings. The second kappa shape index (κ2) is 7.37. The lowest BCUT2D eigenvalue weighted by Gasteiger charge is -2.14. The van der Waals surface area contributed by atoms with Crippen LogP contribution in [0.2, 0.25) is 15.1 Å². The topological polar surface area (TPSA) is 21.3 Å². The summed E-state index contributed by atoms with van der Waals surface area (Å²) in [6.07, 6.45) is 0. The number of rotatable bonds is 5. The Balaban J connectivity index is 2.26. The van der Waals surface area contributed by atoms with Gasteiger partial charge in [0, 0.05) is 28.2 Å². The van der Waals surface area contributed by atoms with E-state index >= 15 is 0 Å². The Morgan fingerprint density at radius 1 is 0.952 bits per heavy atom. The standard InChI is InChI=1S/C16H16Cl3NO/c1-10(2)20-9-11-7-12(17)3-5-15(11)21-16-6-4-13(18)8-14(16)19/h3-8,10,20H,9H2,1-2H3. The van der Waals surface area contributed by atoms with E-state index in [9.17, 15) is 0 Å². The van der Waals surface area contributed by atoms with Gasteiger partial charge in [-0.1, -0.05) is 48.7 Å². The van der Waals surface area contributed by atoms with Crippen LogP contribution in [0.25, 0.3) is 0 Å². The van der Waals surface area contributed by atoms with Crippen molar-refractivity contribution in [1.82, 2.24) is 5.32 Å². The van der Waals surface area contributed by atoms with Crippen molar-refractivity contribution >= 4 is 34.8 Å². The summed E-state index contributed by atoms with van der Waals surface area (Å²) >= 11 is 18.1. The molecule has 0 bridgehead atoms. The number of hydrogen-bond donors (Lipinski definition) is 1. The first kappa shape index (κ1) is 16.4. The Labute approximate surface area is 140 Å². The minimum absolute atomic E-state index is 0.371. The number of benzene rings is 2. The van der Waals surface area contributed by atoms with Crippen molar-refractivity contribution in [2.24, 2.45) is 0 Å². The molecule has 0 saturated heterocycles. The molecular weight excluding hydrogens is 329 g/mol. The predicted octanol–water partition coefficient (Wildman–Crippen LogP) is 5.94. The van der Waals surface area contributed by atoms with Crippen LogP contribution in [0.5, 0.6) is 11.5 Å². The van der Waals surface area contributed by atoms with E-state index in [1.54, 1.807) is 24.3 Å². The summed E-state index contributed by atoms with van der Waals surface area (Å²) in [7, 11) is 0. The van der Waals surface area contributed by atoms with Gasteiger partial charge in [0.05, 0.1) is 5.02 Å². The third-order valence-corrected chi connectivity index (χ3v) is 3.60. The molecule has 0 saturated carbocycles. The second-order valence-corrected chi connectivity index (χ2v) is 6.24. The number of nitrogens with one attached hydrogen (secondary N) is 1. The Kier molecular flexibility index (Phi) is 5.77. The van der Waals surface area contributed by atoms with Crippen molar-refractivity contribution in [2.75, 3.05) is 0 Å². The van der Waals surface area contributed by atoms with Gasteiger partial charge in [-0.25, -0.2) is 0 Å². The maximum absolute atomic E-state index is 6.14. The first-order chi connectivity index (χ1) is 9.95. The third kappa shape index (κ3) is 4.79. The Morgan fingerprint density at radius 3 is 2.19 bits per heavy atom. The Morgan fingerprint density at radius 2 is 1.57 bits per heavy atom. The summed E-state index contributed by atoms with van der Waals surface area (Å²) in [6, 6.07) is 11.0. The molecule has 1 N–H and O–H groups in total. The fourth-order valence-corrected chi connectivity index (χ4v) is 2.42. The lowest BCUT2D eigenvalue weighted by molar-refractivity contribution is 0.469. The van der Waals surface area contributed by atoms with Crippen LogP contribution in [0.15, 0.2) is 36.4 Å². The second-order valence-electron chi connectivity index (χ2n) is 4.96. The van der Waals surface area contributed by atoms with Crippen LogP contribution in [0, 0.1) is 0 Å². The minimum atomic E-state index is 0.371. The van der Waals surface area contributed by atoms with E-state index in [4.69, 9.17) is 39.5 Å². The van der Waals surface area contributed by atoms with Crippen molar-refractivity contribution in [3.63, 3.8) is 0 Å². The fourth-order valence-electron chi connectivity index (χ4n) is 1.78. The average molecular weight is 345 g/mol. The minimum Gasteiger partial charge on any atom is -0.455 e. The molecule has 0 aromatic heterocycles. The number of hydrogen-bond acceptors (Lipinski definition) is 2. The van der Waals surface area contributed by atoms with E-state index < -0.39 is 0 Å². The zero-order chi connectivity index (χ0) is 15.4. The molecule has 2 aromatic carbocycles. The molecule has 5 heteroatoms. The highest BCUT2D eigenvalue weighted by Crippen LogP contribution is 2.34. The molecule has 2 nitrogen and oxygen atoms in total. The summed E-state index contributed by atoms with van der Waals surface area (Å²) in [5.41, 5.74) is 0.974. The highest BCUT2D eigenvalue weighted by molar-refractivity contribution is 6.35. The van der Waals surface area contributed by atoms with Crippen molar-refractivity contribution in [1.29, 1.82) is 0 Å². The van der Waals surface area contributed by atoms with Crippen LogP contribution < -0.4 is 10.1 Å². The monoisotopic (exact) mass is 343 g/mol. The quantitative estimate of drug-likeness (QED) is 0.725. The molecule has 0 atom stereocenters. The first-order valence-electron chi connectivity index (χ1n) is 6.60. The molecule has 0 amide bonds. The summed E-state index contributed by atoms with van der Waals surface area (Å²) < 4.78 is 5.89. The molecule has 2 rings (SSSR count). The third-order valence-electron chi connectivity index (χ3n) is 2.84. The molecule has 0 heterocycles. The molecular formula is C16H16Cl3NO. The van der Waals surface area contributed by atoms with E-state index in [0.717, 1.165) is 11.3 Å². The Bertz CT molecular complexity index is 629. The van der Waals surface area contributed by atoms with Gasteiger partial charge in [0.15, 0.2) is 0 Å². The van der Waals surface area contributed by atoms with Gasteiger partial charge in [-0.15, -0.1) is 0 Å². The normalized spacial score (nSPS) is 11.0. The van der Waals surface area contributed by atoms with E-state index in [0.29, 0.717) is 33.4 Å². The SMILES string of the molecule is CC(C)NCc1cc(Cl)ccc1Oc1ccc(Cl)cc1Cl. The van der Waals surface area contributed by atoms with Crippen molar-refractivity contribution in [3.05, 3.63) is 57.0 Å². The zero-order valence-corrected chi connectivity index (χ0v) is 14.1. The maximum atomic E-state index is 6.14. The van der Waals surface area contributed by atoms with Crippen LogP contribution in [-0.2, 0) is 6.54 Å². The maximum Gasteiger partial charge on any atom is 0.146 e. The van der Waals surface area contributed by atoms with Crippen LogP contribution in [0.3, 0.4) is 0 Å². The van der Waals surface area contributed by atoms with E-state index in [1.807, 2.05) is 12.1 Å². The van der Waals surface area contributed by atoms with Crippen LogP contribution >= 0.6 is 34.8 Å². The smallest absolute Gasteiger partial charge is 0.146 e. The number of ether oxygens (including phenoxy) is 1. The van der Waals surface area contributed by atoms with Gasteiger partial charge in [-0.3, -0.25) is 0 Å². The van der Waals surface area contributed by atoms with E-state index in [-0.39, 0.29) is 0 Å². The van der Waals surface area contributed by atoms with E-state index in [2.05, 4.69) is 19.2 Å². The van der Waals surface area contributed by atoms with Gasteiger partial charge >= 0.3 is 0 Å². The summed E-state index contributed by atoms with van der Waals surface area (Å²) in [5, 5.41) is 5.06. The summed E-state index contributed by atoms with van der Waals surface area (Å²) in [6.45, 7) is 4.83. The predicted molar refractivity (Wildman–Crippen MR) is 90.0 cm³/mol. The van der Waals surface area contributed by atoms with Crippen LogP contribution in [0.1, 0.15) is 19.4 Å². The highest BCUT2D eigenvalue weighted by atomic mass is 35.5. The zero-order valence-electron chi connectivity index (χ0n) is 11.8. The van der Waals surface area contributed by atoms with Crippen LogP contribution in [0.4, 0.5) is 0 Å². The van der Waals surface area contributed by atoms with Gasteiger partial charge in [0.2, 0.25) is 0 Å². The molecule has 0 aliphatic rings. The van der Waals surface area contributed by atoms with Gasteiger partial charge in [0.1, 0.15) is 11.5 Å². The lowest BCUT2D eigenvalue weighted by Crippen LogP contribution is -2.22. The van der Waals surface area contributed by atoms with Crippen molar-refractivity contribution in [3.8, 4) is 11.5 Å². The molecule has 21 heavy (non-hydrogen) atoms. The summed E-state index contributed by atoms with van der Waals surface area (Å²) in [5.74, 6) is 1.28. The van der Waals surface area contributed by atoms with Gasteiger partial charge < -0.3 is 10.1 Å². The molecule has 0 aliphatic heterocycles. The molecule has 0 spiro atoms. The first-order valence-corrected chi connectivity index (χ1v) is 7.74. The summed E-state index contributed by atoms with van der Waals surface area (Å²) in [4.78, 5) is 0. The molecule has 112 valence electrons. The van der Waals surface area contributed by atoms with Crippen molar-refractivity contribution < 1.29 is 4.74 Å². The molecule has 0 radical (unpaired) electrons. The average Bonchev–Trinajstić information content (AvgIpc) is 2.41. The number of halogens is 3. The largest absolute Gasteiger partial charge is 0.455 e. The molecule has 0 unspecified atom stereocenters. The van der Waals surface area contributed by atoms with Crippen molar-refractivity contribution in [2.45, 2.75) is 26.4 Å². The molecule has 0 fully saturated rings. The van der Waals surface area contributed by atoms with Gasteiger partial charge in [-0.05, 0) is 36.4 Å². The Hall–Kier alpha value is -0.930. The molecule has 0 aliphatic carbocycles. The van der Waals surface area contributed by atoms with Crippen LogP contribution in [-0.4, -0.2) is 6.04 Å².